The summed E-state index contributed by atoms with van der Waals surface area (Å²) in [7, 11) is 0. The molecule has 0 saturated heterocycles. The Hall–Kier alpha value is -8.66. The normalized spacial score (nSPS) is 11.7. The van der Waals surface area contributed by atoms with Gasteiger partial charge in [-0.3, -0.25) is 0 Å². The summed E-state index contributed by atoms with van der Waals surface area (Å²) in [5, 5.41) is 9.79. The van der Waals surface area contributed by atoms with Crippen LogP contribution in [0.25, 0.3) is 104 Å². The van der Waals surface area contributed by atoms with Crippen molar-refractivity contribution in [1.29, 1.82) is 0 Å². The summed E-state index contributed by atoms with van der Waals surface area (Å²) in [5.74, 6) is 0. The molecule has 0 radical (unpaired) electrons. The Morgan fingerprint density at radius 1 is 0.292 bits per heavy atom. The Kier molecular flexibility index (Phi) is 8.53. The molecule has 0 saturated carbocycles. The molecule has 2 heterocycles. The fourth-order valence-electron chi connectivity index (χ4n) is 10.0. The smallest absolute Gasteiger partial charge is 0.135 e. The first-order valence-electron chi connectivity index (χ1n) is 22.2. The summed E-state index contributed by atoms with van der Waals surface area (Å²) in [6.07, 6.45) is 0. The Morgan fingerprint density at radius 3 is 1.51 bits per heavy atom. The Balaban J connectivity index is 0.853. The van der Waals surface area contributed by atoms with Crippen LogP contribution in [0.4, 0.5) is 17.1 Å². The first-order valence-corrected chi connectivity index (χ1v) is 22.2. The van der Waals surface area contributed by atoms with E-state index in [4.69, 9.17) is 4.42 Å². The van der Waals surface area contributed by atoms with E-state index in [-0.39, 0.29) is 0 Å². The molecule has 0 N–H and O–H groups in total. The van der Waals surface area contributed by atoms with Gasteiger partial charge >= 0.3 is 0 Å². The highest BCUT2D eigenvalue weighted by Crippen LogP contribution is 2.41. The second-order valence-corrected chi connectivity index (χ2v) is 16.9. The average molecular weight is 829 g/mol. The predicted octanol–water partition coefficient (Wildman–Crippen LogP) is 17.5. The lowest BCUT2D eigenvalue weighted by atomic mass is 9.97. The van der Waals surface area contributed by atoms with E-state index in [0.717, 1.165) is 44.6 Å². The zero-order valence-corrected chi connectivity index (χ0v) is 35.4. The van der Waals surface area contributed by atoms with Crippen LogP contribution in [0.3, 0.4) is 0 Å². The highest BCUT2D eigenvalue weighted by atomic mass is 16.3. The van der Waals surface area contributed by atoms with Crippen molar-refractivity contribution in [3.8, 4) is 39.1 Å². The lowest BCUT2D eigenvalue weighted by Gasteiger charge is -2.26. The monoisotopic (exact) mass is 828 g/mol. The highest BCUT2D eigenvalue weighted by Gasteiger charge is 2.18. The van der Waals surface area contributed by atoms with Crippen molar-refractivity contribution < 1.29 is 4.42 Å². The molecule has 0 aliphatic rings. The quantitative estimate of drug-likeness (QED) is 0.149. The molecule has 0 aliphatic carbocycles. The van der Waals surface area contributed by atoms with Gasteiger partial charge in [0.15, 0.2) is 0 Å². The van der Waals surface area contributed by atoms with E-state index in [1.165, 1.54) is 76.9 Å². The van der Waals surface area contributed by atoms with E-state index in [9.17, 15) is 0 Å². The summed E-state index contributed by atoms with van der Waals surface area (Å²) in [6, 6.07) is 87.7. The third kappa shape index (κ3) is 6.20. The van der Waals surface area contributed by atoms with Gasteiger partial charge in [0.1, 0.15) is 11.2 Å². The molecule has 304 valence electrons. The van der Waals surface area contributed by atoms with Crippen LogP contribution < -0.4 is 4.90 Å². The van der Waals surface area contributed by atoms with E-state index in [1.54, 1.807) is 0 Å². The minimum atomic E-state index is 0.880. The molecule has 0 unspecified atom stereocenters. The number of anilines is 3. The fourth-order valence-corrected chi connectivity index (χ4v) is 10.0. The van der Waals surface area contributed by atoms with Gasteiger partial charge in [-0.25, -0.2) is 0 Å². The number of para-hydroxylation sites is 4. The highest BCUT2D eigenvalue weighted by molar-refractivity contribution is 6.11. The maximum Gasteiger partial charge on any atom is 0.135 e. The molecule has 65 heavy (non-hydrogen) atoms. The van der Waals surface area contributed by atoms with Crippen LogP contribution in [-0.4, -0.2) is 4.57 Å². The van der Waals surface area contributed by atoms with Crippen LogP contribution in [-0.2, 0) is 0 Å². The Bertz CT molecular complexity index is 3880. The van der Waals surface area contributed by atoms with Crippen LogP contribution in [0.2, 0.25) is 0 Å². The van der Waals surface area contributed by atoms with E-state index < -0.39 is 0 Å². The second-order valence-electron chi connectivity index (χ2n) is 16.9. The van der Waals surface area contributed by atoms with Crippen molar-refractivity contribution in [2.75, 3.05) is 4.90 Å². The minimum absolute atomic E-state index is 0.880. The third-order valence-corrected chi connectivity index (χ3v) is 13.2. The predicted molar refractivity (Wildman–Crippen MR) is 274 cm³/mol. The van der Waals surface area contributed by atoms with Crippen molar-refractivity contribution in [1.82, 2.24) is 4.57 Å². The zero-order chi connectivity index (χ0) is 42.8. The van der Waals surface area contributed by atoms with Gasteiger partial charge in [-0.15, -0.1) is 0 Å². The standard InChI is InChI=1S/C62H40N2O/c1-2-12-51-44(11-1)25-26-47-39-46(31-37-52(47)51)43-29-34-49(35-30-43)63(50-36-38-62-57(40-50)56-16-6-10-20-61(56)65-62)48-32-27-42(28-33-48)41-21-23-45(24-22-41)53-13-3-7-17-58(53)64-59-18-8-4-14-54(59)55-15-5-9-19-60(55)64/h1-40H. The minimum Gasteiger partial charge on any atom is -0.456 e. The van der Waals surface area contributed by atoms with Crippen molar-refractivity contribution in [3.63, 3.8) is 0 Å². The van der Waals surface area contributed by atoms with Gasteiger partial charge in [0.25, 0.3) is 0 Å². The maximum atomic E-state index is 6.26. The van der Waals surface area contributed by atoms with Crippen LogP contribution in [0.15, 0.2) is 247 Å². The lowest BCUT2D eigenvalue weighted by molar-refractivity contribution is 0.669. The SMILES string of the molecule is c1ccc(-n2c3ccccc3c3ccccc32)c(-c2ccc(-c3ccc(N(c4ccc(-c5ccc6c(ccc7ccccc76)c5)cc4)c4ccc5oc6ccccc6c5c4)cc3)cc2)c1. The molecular weight excluding hydrogens is 789 g/mol. The summed E-state index contributed by atoms with van der Waals surface area (Å²) in [6.45, 7) is 0. The molecule has 2 aromatic heterocycles. The van der Waals surface area contributed by atoms with Crippen LogP contribution >= 0.6 is 0 Å². The summed E-state index contributed by atoms with van der Waals surface area (Å²) in [5.41, 5.74) is 15.6. The van der Waals surface area contributed by atoms with Crippen LogP contribution in [0.5, 0.6) is 0 Å². The van der Waals surface area contributed by atoms with E-state index >= 15 is 0 Å². The third-order valence-electron chi connectivity index (χ3n) is 13.2. The fraction of sp³-hybridized carbons (Fsp3) is 0. The molecule has 11 aromatic carbocycles. The van der Waals surface area contributed by atoms with E-state index in [0.29, 0.717) is 0 Å². The van der Waals surface area contributed by atoms with Gasteiger partial charge < -0.3 is 13.9 Å². The molecule has 13 aromatic rings. The molecule has 0 aliphatic heterocycles. The van der Waals surface area contributed by atoms with Gasteiger partial charge in [0.2, 0.25) is 0 Å². The van der Waals surface area contributed by atoms with Crippen molar-refractivity contribution in [2.24, 2.45) is 0 Å². The van der Waals surface area contributed by atoms with Crippen molar-refractivity contribution in [2.45, 2.75) is 0 Å². The lowest BCUT2D eigenvalue weighted by Crippen LogP contribution is -2.09. The first-order chi connectivity index (χ1) is 32.2. The van der Waals surface area contributed by atoms with Crippen LogP contribution in [0.1, 0.15) is 0 Å². The summed E-state index contributed by atoms with van der Waals surface area (Å²) in [4.78, 5) is 2.34. The number of nitrogens with zero attached hydrogens (tertiary/aromatic N) is 2. The number of hydrogen-bond acceptors (Lipinski definition) is 2. The van der Waals surface area contributed by atoms with Crippen molar-refractivity contribution in [3.05, 3.63) is 243 Å². The van der Waals surface area contributed by atoms with Gasteiger partial charge in [-0.2, -0.15) is 0 Å². The van der Waals surface area contributed by atoms with E-state index in [1.807, 2.05) is 12.1 Å². The molecule has 0 spiro atoms. The van der Waals surface area contributed by atoms with Gasteiger partial charge in [0, 0.05) is 44.2 Å². The van der Waals surface area contributed by atoms with Gasteiger partial charge in [0.05, 0.1) is 16.7 Å². The molecular formula is C62H40N2O. The number of furan rings is 1. The van der Waals surface area contributed by atoms with E-state index in [2.05, 4.69) is 240 Å². The molecule has 3 nitrogen and oxygen atoms in total. The molecule has 0 amide bonds. The molecule has 13 rings (SSSR count). The summed E-state index contributed by atoms with van der Waals surface area (Å²) >= 11 is 0. The maximum absolute atomic E-state index is 6.26. The number of rotatable bonds is 7. The van der Waals surface area contributed by atoms with Crippen molar-refractivity contribution >= 4 is 82.4 Å². The second kappa shape index (κ2) is 15.0. The summed E-state index contributed by atoms with van der Waals surface area (Å²) < 4.78 is 8.66. The molecule has 0 atom stereocenters. The molecule has 0 fully saturated rings. The molecule has 0 bridgehead atoms. The Labute approximate surface area is 376 Å². The number of aromatic nitrogens is 1. The largest absolute Gasteiger partial charge is 0.456 e. The number of benzene rings is 11. The van der Waals surface area contributed by atoms with Crippen LogP contribution in [0, 0.1) is 0 Å². The molecule has 3 heteroatoms. The van der Waals surface area contributed by atoms with Gasteiger partial charge in [-0.05, 0) is 122 Å². The topological polar surface area (TPSA) is 21.3 Å². The average Bonchev–Trinajstić information content (AvgIpc) is 3.92. The first kappa shape index (κ1) is 36.9. The zero-order valence-electron chi connectivity index (χ0n) is 35.4. The van der Waals surface area contributed by atoms with Gasteiger partial charge in [-0.1, -0.05) is 170 Å². The Morgan fingerprint density at radius 2 is 0.785 bits per heavy atom. The number of hydrogen-bond donors (Lipinski definition) is 0. The number of fused-ring (bicyclic) bond motifs is 9.